The summed E-state index contributed by atoms with van der Waals surface area (Å²) in [6.07, 6.45) is 1.37. The Hall–Kier alpha value is -3.17. The summed E-state index contributed by atoms with van der Waals surface area (Å²) in [6.45, 7) is 10.4. The van der Waals surface area contributed by atoms with E-state index in [9.17, 15) is 18.0 Å². The van der Waals surface area contributed by atoms with Gasteiger partial charge in [-0.05, 0) is 52.3 Å². The number of amides is 2. The molecule has 226 valence electrons. The molecule has 0 aromatic heterocycles. The summed E-state index contributed by atoms with van der Waals surface area (Å²) in [7, 11) is -3.82. The number of nitrogens with one attached hydrogen (secondary N) is 1. The van der Waals surface area contributed by atoms with Crippen LogP contribution in [-0.4, -0.2) is 50.5 Å². The fourth-order valence-corrected chi connectivity index (χ4v) is 5.85. The van der Waals surface area contributed by atoms with Gasteiger partial charge < -0.3 is 10.2 Å². The second kappa shape index (κ2) is 14.3. The molecule has 3 aromatic carbocycles. The minimum atomic E-state index is -3.82. The molecule has 0 unspecified atom stereocenters. The normalized spacial score (nSPS) is 12.6. The van der Waals surface area contributed by atoms with Crippen LogP contribution in [0.2, 0.25) is 0 Å². The average molecular weight is 657 g/mol. The van der Waals surface area contributed by atoms with Crippen molar-refractivity contribution in [1.29, 1.82) is 0 Å². The zero-order valence-electron chi connectivity index (χ0n) is 25.3. The number of carbonyl (C=O) groups excluding carboxylic acids is 2. The monoisotopic (exact) mass is 655 g/mol. The van der Waals surface area contributed by atoms with Gasteiger partial charge in [-0.25, -0.2) is 8.42 Å². The Morgan fingerprint density at radius 3 is 2.07 bits per heavy atom. The van der Waals surface area contributed by atoms with Gasteiger partial charge in [0.2, 0.25) is 21.8 Å². The maximum Gasteiger partial charge on any atom is 0.244 e. The van der Waals surface area contributed by atoms with Crippen molar-refractivity contribution in [3.05, 3.63) is 100 Å². The Morgan fingerprint density at radius 2 is 1.52 bits per heavy atom. The quantitative estimate of drug-likeness (QED) is 0.262. The minimum absolute atomic E-state index is 0.112. The molecular formula is C33H42BrN3O4S. The smallest absolute Gasteiger partial charge is 0.244 e. The summed E-state index contributed by atoms with van der Waals surface area (Å²) in [5.74, 6) is -0.533. The van der Waals surface area contributed by atoms with Crippen molar-refractivity contribution in [1.82, 2.24) is 10.2 Å². The summed E-state index contributed by atoms with van der Waals surface area (Å²) < 4.78 is 28.0. The van der Waals surface area contributed by atoms with Crippen LogP contribution in [-0.2, 0) is 38.0 Å². The molecule has 0 heterocycles. The highest BCUT2D eigenvalue weighted by molar-refractivity contribution is 9.10. The summed E-state index contributed by atoms with van der Waals surface area (Å²) >= 11 is 3.50. The van der Waals surface area contributed by atoms with E-state index in [0.717, 1.165) is 31.7 Å². The van der Waals surface area contributed by atoms with Crippen LogP contribution < -0.4 is 9.62 Å². The molecule has 3 rings (SSSR count). The summed E-state index contributed by atoms with van der Waals surface area (Å²) in [5.41, 5.74) is 3.04. The van der Waals surface area contributed by atoms with Crippen LogP contribution in [0.3, 0.4) is 0 Å². The SMILES string of the molecule is CC(C)CNC(=O)[C@@H](Cc1ccccc1)N(Cc1cccc(Br)c1)C(=O)CN(c1ccc(C(C)(C)C)cc1)S(C)(=O)=O. The first-order valence-electron chi connectivity index (χ1n) is 14.1. The van der Waals surface area contributed by atoms with Crippen molar-refractivity contribution in [2.45, 2.75) is 59.0 Å². The molecule has 0 saturated heterocycles. The maximum atomic E-state index is 14.2. The zero-order chi connectivity index (χ0) is 31.1. The van der Waals surface area contributed by atoms with Gasteiger partial charge >= 0.3 is 0 Å². The number of benzene rings is 3. The summed E-state index contributed by atoms with van der Waals surface area (Å²) in [4.78, 5) is 29.4. The van der Waals surface area contributed by atoms with Gasteiger partial charge in [-0.2, -0.15) is 0 Å². The fraction of sp³-hybridized carbons (Fsp3) is 0.394. The van der Waals surface area contributed by atoms with Gasteiger partial charge in [-0.3, -0.25) is 13.9 Å². The van der Waals surface area contributed by atoms with E-state index in [1.165, 1.54) is 4.90 Å². The zero-order valence-corrected chi connectivity index (χ0v) is 27.7. The predicted octanol–water partition coefficient (Wildman–Crippen LogP) is 5.92. The Morgan fingerprint density at radius 1 is 0.905 bits per heavy atom. The standard InChI is InChI=1S/C33H42BrN3O4S/c1-24(2)21-35-32(39)30(20-25-11-8-7-9-12-25)36(22-26-13-10-14-28(34)19-26)31(38)23-37(42(6,40)41)29-17-15-27(16-18-29)33(3,4)5/h7-19,24,30H,20-23H2,1-6H3,(H,35,39)/t30-/m1/s1. The van der Waals surface area contributed by atoms with Crippen LogP contribution >= 0.6 is 15.9 Å². The first kappa shape index (κ1) is 33.3. The Kier molecular flexibility index (Phi) is 11.4. The number of hydrogen-bond acceptors (Lipinski definition) is 4. The van der Waals surface area contributed by atoms with Gasteiger partial charge in [0.15, 0.2) is 0 Å². The second-order valence-electron chi connectivity index (χ2n) is 12.1. The predicted molar refractivity (Wildman–Crippen MR) is 174 cm³/mol. The van der Waals surface area contributed by atoms with Crippen LogP contribution in [0.5, 0.6) is 0 Å². The first-order valence-corrected chi connectivity index (χ1v) is 16.7. The lowest BCUT2D eigenvalue weighted by Crippen LogP contribution is -2.53. The molecule has 3 aromatic rings. The average Bonchev–Trinajstić information content (AvgIpc) is 2.91. The Bertz CT molecular complexity index is 1450. The van der Waals surface area contributed by atoms with E-state index in [1.807, 2.05) is 80.6 Å². The maximum absolute atomic E-state index is 14.2. The Labute approximate surface area is 259 Å². The summed E-state index contributed by atoms with van der Waals surface area (Å²) in [5, 5.41) is 3.00. The molecule has 0 aliphatic heterocycles. The number of anilines is 1. The van der Waals surface area contributed by atoms with Crippen molar-refractivity contribution in [2.75, 3.05) is 23.7 Å². The molecule has 1 N–H and O–H groups in total. The van der Waals surface area contributed by atoms with Crippen LogP contribution in [0.1, 0.15) is 51.3 Å². The molecule has 0 aliphatic carbocycles. The molecule has 0 spiro atoms. The van der Waals surface area contributed by atoms with Crippen LogP contribution in [0.4, 0.5) is 5.69 Å². The molecule has 9 heteroatoms. The highest BCUT2D eigenvalue weighted by Gasteiger charge is 2.33. The lowest BCUT2D eigenvalue weighted by Gasteiger charge is -2.34. The minimum Gasteiger partial charge on any atom is -0.354 e. The van der Waals surface area contributed by atoms with E-state index in [4.69, 9.17) is 0 Å². The highest BCUT2D eigenvalue weighted by Crippen LogP contribution is 2.26. The van der Waals surface area contributed by atoms with Crippen molar-refractivity contribution in [3.63, 3.8) is 0 Å². The lowest BCUT2D eigenvalue weighted by molar-refractivity contribution is -0.140. The third-order valence-electron chi connectivity index (χ3n) is 6.90. The third kappa shape index (κ3) is 9.70. The molecule has 0 fully saturated rings. The number of halogens is 1. The first-order chi connectivity index (χ1) is 19.6. The van der Waals surface area contributed by atoms with Crippen LogP contribution in [0.25, 0.3) is 0 Å². The molecule has 1 atom stereocenters. The number of rotatable bonds is 12. The molecule has 0 aliphatic rings. The highest BCUT2D eigenvalue weighted by atomic mass is 79.9. The molecule has 0 saturated carbocycles. The van der Waals surface area contributed by atoms with Crippen molar-refractivity contribution < 1.29 is 18.0 Å². The van der Waals surface area contributed by atoms with Gasteiger partial charge in [0, 0.05) is 24.0 Å². The molecule has 42 heavy (non-hydrogen) atoms. The fourth-order valence-electron chi connectivity index (χ4n) is 4.55. The number of carbonyl (C=O) groups is 2. The molecular weight excluding hydrogens is 614 g/mol. The van der Waals surface area contributed by atoms with E-state index in [-0.39, 0.29) is 30.2 Å². The van der Waals surface area contributed by atoms with E-state index >= 15 is 0 Å². The molecule has 2 amide bonds. The van der Waals surface area contributed by atoms with E-state index in [1.54, 1.807) is 12.1 Å². The van der Waals surface area contributed by atoms with E-state index in [2.05, 4.69) is 42.0 Å². The van der Waals surface area contributed by atoms with Crippen molar-refractivity contribution >= 4 is 43.5 Å². The topological polar surface area (TPSA) is 86.8 Å². The third-order valence-corrected chi connectivity index (χ3v) is 8.53. The van der Waals surface area contributed by atoms with Gasteiger partial charge in [-0.15, -0.1) is 0 Å². The molecule has 0 radical (unpaired) electrons. The molecule has 7 nitrogen and oxygen atoms in total. The summed E-state index contributed by atoms with van der Waals surface area (Å²) in [6, 6.07) is 23.4. The second-order valence-corrected chi connectivity index (χ2v) is 14.9. The van der Waals surface area contributed by atoms with Gasteiger partial charge in [0.25, 0.3) is 0 Å². The lowest BCUT2D eigenvalue weighted by atomic mass is 9.87. The number of hydrogen-bond donors (Lipinski definition) is 1. The number of nitrogens with zero attached hydrogens (tertiary/aromatic N) is 2. The van der Waals surface area contributed by atoms with Crippen molar-refractivity contribution in [2.24, 2.45) is 5.92 Å². The largest absolute Gasteiger partial charge is 0.354 e. The van der Waals surface area contributed by atoms with Gasteiger partial charge in [0.1, 0.15) is 12.6 Å². The number of sulfonamides is 1. The van der Waals surface area contributed by atoms with Crippen LogP contribution in [0.15, 0.2) is 83.3 Å². The van der Waals surface area contributed by atoms with Gasteiger partial charge in [-0.1, -0.05) is 105 Å². The van der Waals surface area contributed by atoms with Gasteiger partial charge in [0.05, 0.1) is 11.9 Å². The van der Waals surface area contributed by atoms with E-state index < -0.39 is 28.5 Å². The van der Waals surface area contributed by atoms with E-state index in [0.29, 0.717) is 12.2 Å². The van der Waals surface area contributed by atoms with Crippen LogP contribution in [0, 0.1) is 5.92 Å². The Balaban J connectivity index is 2.04. The van der Waals surface area contributed by atoms with Crippen molar-refractivity contribution in [3.8, 4) is 0 Å². The molecule has 0 bridgehead atoms.